The fourth-order valence-electron chi connectivity index (χ4n) is 1.47. The molecule has 0 radical (unpaired) electrons. The van der Waals surface area contributed by atoms with E-state index in [1.807, 2.05) is 18.2 Å². The lowest BCUT2D eigenvalue weighted by atomic mass is 10.2. The number of H-pyrrole nitrogens is 1. The number of pyridine rings is 1. The van der Waals surface area contributed by atoms with Crippen LogP contribution in [0.2, 0.25) is 0 Å². The van der Waals surface area contributed by atoms with Crippen LogP contribution in [0.3, 0.4) is 0 Å². The van der Waals surface area contributed by atoms with Gasteiger partial charge in [0.2, 0.25) is 5.56 Å². The Morgan fingerprint density at radius 3 is 2.65 bits per heavy atom. The molecule has 2 N–H and O–H groups in total. The van der Waals surface area contributed by atoms with Crippen LogP contribution in [0, 0.1) is 0 Å². The Hall–Kier alpha value is -2.36. The van der Waals surface area contributed by atoms with Crippen LogP contribution < -0.4 is 10.9 Å². The molecule has 1 aromatic heterocycles. The van der Waals surface area contributed by atoms with E-state index >= 15 is 0 Å². The molecule has 4 heteroatoms. The van der Waals surface area contributed by atoms with E-state index in [2.05, 4.69) is 10.3 Å². The molecule has 0 unspecified atom stereocenters. The van der Waals surface area contributed by atoms with Crippen LogP contribution in [0.25, 0.3) is 0 Å². The molecule has 0 fully saturated rings. The van der Waals surface area contributed by atoms with Crippen molar-refractivity contribution in [3.05, 3.63) is 70.1 Å². The number of hydrogen-bond acceptors (Lipinski definition) is 2. The van der Waals surface area contributed by atoms with Crippen molar-refractivity contribution in [2.45, 2.75) is 6.54 Å². The molecule has 17 heavy (non-hydrogen) atoms. The molecule has 0 atom stereocenters. The molecular formula is C13H12N2O2. The van der Waals surface area contributed by atoms with Gasteiger partial charge in [0.25, 0.3) is 5.91 Å². The van der Waals surface area contributed by atoms with E-state index in [4.69, 9.17) is 0 Å². The highest BCUT2D eigenvalue weighted by Gasteiger charge is 2.03. The minimum absolute atomic E-state index is 0.147. The van der Waals surface area contributed by atoms with Crippen molar-refractivity contribution >= 4 is 5.91 Å². The molecule has 1 heterocycles. The monoisotopic (exact) mass is 228 g/mol. The maximum atomic E-state index is 11.7. The maximum absolute atomic E-state index is 11.7. The molecule has 0 saturated carbocycles. The van der Waals surface area contributed by atoms with Crippen molar-refractivity contribution in [2.24, 2.45) is 0 Å². The van der Waals surface area contributed by atoms with Gasteiger partial charge in [-0.05, 0) is 23.8 Å². The third-order valence-electron chi connectivity index (χ3n) is 2.33. The summed E-state index contributed by atoms with van der Waals surface area (Å²) >= 11 is 0. The number of carbonyl (C=O) groups excluding carboxylic acids is 1. The highest BCUT2D eigenvalue weighted by molar-refractivity contribution is 5.94. The Bertz CT molecular complexity index is 561. The third kappa shape index (κ3) is 3.04. The lowest BCUT2D eigenvalue weighted by Gasteiger charge is -2.04. The van der Waals surface area contributed by atoms with Crippen LogP contribution in [0.15, 0.2) is 53.5 Å². The topological polar surface area (TPSA) is 62.0 Å². The minimum Gasteiger partial charge on any atom is -0.348 e. The zero-order valence-corrected chi connectivity index (χ0v) is 9.14. The molecule has 0 bridgehead atoms. The van der Waals surface area contributed by atoms with Gasteiger partial charge in [-0.25, -0.2) is 0 Å². The van der Waals surface area contributed by atoms with E-state index in [0.717, 1.165) is 5.56 Å². The van der Waals surface area contributed by atoms with Crippen molar-refractivity contribution in [3.8, 4) is 0 Å². The van der Waals surface area contributed by atoms with Gasteiger partial charge < -0.3 is 10.3 Å². The Labute approximate surface area is 98.3 Å². The summed E-state index contributed by atoms with van der Waals surface area (Å²) in [6, 6.07) is 12.2. The van der Waals surface area contributed by atoms with Crippen LogP contribution in [0.4, 0.5) is 0 Å². The van der Waals surface area contributed by atoms with Crippen LogP contribution in [-0.4, -0.2) is 10.9 Å². The lowest BCUT2D eigenvalue weighted by Crippen LogP contribution is -2.23. The molecule has 0 aliphatic heterocycles. The number of carbonyl (C=O) groups is 1. The van der Waals surface area contributed by atoms with Gasteiger partial charge in [-0.3, -0.25) is 9.59 Å². The molecule has 86 valence electrons. The van der Waals surface area contributed by atoms with Crippen LogP contribution >= 0.6 is 0 Å². The molecular weight excluding hydrogens is 216 g/mol. The predicted molar refractivity (Wildman–Crippen MR) is 64.7 cm³/mol. The number of amides is 1. The standard InChI is InChI=1S/C13H12N2O2/c16-12-8-10(6-7-14-12)9-15-13(17)11-4-2-1-3-5-11/h1-8H,9H2,(H,14,16)(H,15,17). The summed E-state index contributed by atoms with van der Waals surface area (Å²) < 4.78 is 0. The molecule has 0 saturated heterocycles. The fraction of sp³-hybridized carbons (Fsp3) is 0.0769. The van der Waals surface area contributed by atoms with Crippen molar-refractivity contribution in [1.29, 1.82) is 0 Å². The van der Waals surface area contributed by atoms with Gasteiger partial charge in [0, 0.05) is 24.4 Å². The van der Waals surface area contributed by atoms with Crippen LogP contribution in [0.1, 0.15) is 15.9 Å². The molecule has 1 aromatic carbocycles. The normalized spacial score (nSPS) is 9.88. The largest absolute Gasteiger partial charge is 0.348 e. The van der Waals surface area contributed by atoms with Gasteiger partial charge in [-0.2, -0.15) is 0 Å². The number of benzene rings is 1. The molecule has 2 aromatic rings. The zero-order chi connectivity index (χ0) is 12.1. The highest BCUT2D eigenvalue weighted by atomic mass is 16.1. The molecule has 4 nitrogen and oxygen atoms in total. The van der Waals surface area contributed by atoms with Crippen molar-refractivity contribution in [3.63, 3.8) is 0 Å². The first-order valence-electron chi connectivity index (χ1n) is 5.26. The number of rotatable bonds is 3. The van der Waals surface area contributed by atoms with E-state index in [9.17, 15) is 9.59 Å². The smallest absolute Gasteiger partial charge is 0.251 e. The second-order valence-corrected chi connectivity index (χ2v) is 3.61. The number of nitrogens with one attached hydrogen (secondary N) is 2. The van der Waals surface area contributed by atoms with Crippen LogP contribution in [0.5, 0.6) is 0 Å². The fourth-order valence-corrected chi connectivity index (χ4v) is 1.47. The number of aromatic nitrogens is 1. The summed E-state index contributed by atoms with van der Waals surface area (Å²) in [5.74, 6) is -0.147. The first-order valence-corrected chi connectivity index (χ1v) is 5.26. The lowest BCUT2D eigenvalue weighted by molar-refractivity contribution is 0.0951. The molecule has 0 aliphatic rings. The third-order valence-corrected chi connectivity index (χ3v) is 2.33. The molecule has 0 aliphatic carbocycles. The van der Waals surface area contributed by atoms with Crippen molar-refractivity contribution in [1.82, 2.24) is 10.3 Å². The van der Waals surface area contributed by atoms with Gasteiger partial charge in [-0.1, -0.05) is 18.2 Å². The minimum atomic E-state index is -0.170. The Morgan fingerprint density at radius 2 is 1.94 bits per heavy atom. The van der Waals surface area contributed by atoms with Gasteiger partial charge in [0.1, 0.15) is 0 Å². The van der Waals surface area contributed by atoms with E-state index in [1.54, 1.807) is 24.4 Å². The highest BCUT2D eigenvalue weighted by Crippen LogP contribution is 1.99. The first-order chi connectivity index (χ1) is 8.25. The quantitative estimate of drug-likeness (QED) is 0.831. The van der Waals surface area contributed by atoms with Crippen LogP contribution in [-0.2, 0) is 6.54 Å². The van der Waals surface area contributed by atoms with Gasteiger partial charge in [0.15, 0.2) is 0 Å². The molecule has 1 amide bonds. The Kier molecular flexibility index (Phi) is 3.35. The molecule has 0 spiro atoms. The Morgan fingerprint density at radius 1 is 1.18 bits per heavy atom. The van der Waals surface area contributed by atoms with E-state index < -0.39 is 0 Å². The Balaban J connectivity index is 2.00. The number of hydrogen-bond donors (Lipinski definition) is 2. The van der Waals surface area contributed by atoms with Crippen molar-refractivity contribution in [2.75, 3.05) is 0 Å². The summed E-state index contributed by atoms with van der Waals surface area (Å²) in [6.45, 7) is 0.345. The van der Waals surface area contributed by atoms with Gasteiger partial charge >= 0.3 is 0 Å². The van der Waals surface area contributed by atoms with E-state index in [1.165, 1.54) is 6.07 Å². The van der Waals surface area contributed by atoms with Gasteiger partial charge in [0.05, 0.1) is 0 Å². The summed E-state index contributed by atoms with van der Waals surface area (Å²) in [6.07, 6.45) is 1.56. The summed E-state index contributed by atoms with van der Waals surface area (Å²) in [5.41, 5.74) is 1.21. The van der Waals surface area contributed by atoms with Crippen molar-refractivity contribution < 1.29 is 4.79 Å². The predicted octanol–water partition coefficient (Wildman–Crippen LogP) is 1.30. The first kappa shape index (κ1) is 11.1. The second-order valence-electron chi connectivity index (χ2n) is 3.61. The molecule has 2 rings (SSSR count). The zero-order valence-electron chi connectivity index (χ0n) is 9.14. The van der Waals surface area contributed by atoms with E-state index in [0.29, 0.717) is 12.1 Å². The average molecular weight is 228 g/mol. The van der Waals surface area contributed by atoms with E-state index in [-0.39, 0.29) is 11.5 Å². The summed E-state index contributed by atoms with van der Waals surface area (Å²) in [4.78, 5) is 25.3. The summed E-state index contributed by atoms with van der Waals surface area (Å²) in [5, 5.41) is 2.75. The average Bonchev–Trinajstić information content (AvgIpc) is 2.37. The SMILES string of the molecule is O=C(NCc1cc[nH]c(=O)c1)c1ccccc1. The maximum Gasteiger partial charge on any atom is 0.251 e. The number of aromatic amines is 1. The second kappa shape index (κ2) is 5.12. The summed E-state index contributed by atoms with van der Waals surface area (Å²) in [7, 11) is 0. The van der Waals surface area contributed by atoms with Gasteiger partial charge in [-0.15, -0.1) is 0 Å².